The van der Waals surface area contributed by atoms with Crippen molar-refractivity contribution in [3.05, 3.63) is 94.5 Å². The molecule has 0 saturated heterocycles. The minimum Gasteiger partial charge on any atom is -0.497 e. The molecule has 3 aromatic rings. The van der Waals surface area contributed by atoms with Crippen LogP contribution in [-0.2, 0) is 35.3 Å². The van der Waals surface area contributed by atoms with Crippen LogP contribution in [-0.4, -0.2) is 47.7 Å². The second-order valence-electron chi connectivity index (χ2n) is 11.1. The summed E-state index contributed by atoms with van der Waals surface area (Å²) in [6, 6.07) is 22.5. The molecule has 206 valence electrons. The molecule has 1 aliphatic heterocycles. The van der Waals surface area contributed by atoms with E-state index in [4.69, 9.17) is 9.47 Å². The van der Waals surface area contributed by atoms with Gasteiger partial charge in [-0.1, -0.05) is 62.4 Å². The molecule has 1 amide bonds. The summed E-state index contributed by atoms with van der Waals surface area (Å²) >= 11 is 0. The summed E-state index contributed by atoms with van der Waals surface area (Å²) < 4.78 is 11.6. The topological polar surface area (TPSA) is 76.1 Å². The van der Waals surface area contributed by atoms with Crippen LogP contribution >= 0.6 is 0 Å². The summed E-state index contributed by atoms with van der Waals surface area (Å²) in [5.74, 6) is 1.01. The third kappa shape index (κ3) is 7.62. The van der Waals surface area contributed by atoms with Crippen molar-refractivity contribution in [3.63, 3.8) is 0 Å². The van der Waals surface area contributed by atoms with E-state index >= 15 is 0 Å². The maximum atomic E-state index is 13.0. The number of benzene rings is 3. The van der Waals surface area contributed by atoms with Gasteiger partial charge in [0.2, 0.25) is 5.91 Å². The second kappa shape index (κ2) is 12.4. The van der Waals surface area contributed by atoms with Gasteiger partial charge in [0.25, 0.3) is 0 Å². The number of rotatable bonds is 12. The molecule has 1 N–H and O–H groups in total. The highest BCUT2D eigenvalue weighted by molar-refractivity contribution is 5.81. The van der Waals surface area contributed by atoms with E-state index in [1.165, 1.54) is 16.0 Å². The number of ether oxygens (including phenoxy) is 2. The number of amides is 1. The third-order valence-electron chi connectivity index (χ3n) is 7.41. The number of aryl methyl sites for hydroxylation is 1. The number of methoxy groups -OCH3 is 1. The fraction of sp³-hybridized carbons (Fsp3) is 0.394. The van der Waals surface area contributed by atoms with Crippen LogP contribution < -0.4 is 9.47 Å². The lowest BCUT2D eigenvalue weighted by molar-refractivity contribution is -0.144. The van der Waals surface area contributed by atoms with Crippen molar-refractivity contribution in [2.75, 3.05) is 20.2 Å². The summed E-state index contributed by atoms with van der Waals surface area (Å²) in [6.45, 7) is 6.60. The van der Waals surface area contributed by atoms with Gasteiger partial charge < -0.3 is 19.5 Å². The zero-order valence-corrected chi connectivity index (χ0v) is 23.4. The number of hydrogen-bond acceptors (Lipinski definition) is 4. The van der Waals surface area contributed by atoms with Crippen LogP contribution in [0, 0.1) is 0 Å². The van der Waals surface area contributed by atoms with Crippen LogP contribution in [0.5, 0.6) is 11.5 Å². The Labute approximate surface area is 231 Å². The van der Waals surface area contributed by atoms with Crippen LogP contribution in [0.2, 0.25) is 0 Å². The molecule has 6 nitrogen and oxygen atoms in total. The number of hydrogen-bond donors (Lipinski definition) is 1. The minimum absolute atomic E-state index is 0.155. The van der Waals surface area contributed by atoms with E-state index in [1.807, 2.05) is 36.4 Å². The van der Waals surface area contributed by atoms with Crippen molar-refractivity contribution in [1.29, 1.82) is 0 Å². The first kappa shape index (κ1) is 28.2. The molecule has 0 aliphatic carbocycles. The van der Waals surface area contributed by atoms with Gasteiger partial charge in [-0.25, -0.2) is 0 Å². The molecule has 0 bridgehead atoms. The average Bonchev–Trinajstić information content (AvgIpc) is 3.24. The minimum atomic E-state index is -1.01. The van der Waals surface area contributed by atoms with Crippen molar-refractivity contribution < 1.29 is 24.2 Å². The number of carbonyl (C=O) groups excluding carboxylic acids is 1. The summed E-state index contributed by atoms with van der Waals surface area (Å²) in [7, 11) is 1.61. The SMILES string of the molecule is COc1ccc(CCN(CC(=O)O)C(=O)CCc2ccc3c(c2)C[C@@](C)(Cc2ccc(C(C)C)cc2)O3)cc1. The molecule has 0 fully saturated rings. The molecule has 1 heterocycles. The Morgan fingerprint density at radius 2 is 1.64 bits per heavy atom. The highest BCUT2D eigenvalue weighted by atomic mass is 16.5. The second-order valence-corrected chi connectivity index (χ2v) is 11.1. The predicted molar refractivity (Wildman–Crippen MR) is 153 cm³/mol. The number of carboxylic acid groups (broad SMARTS) is 1. The van der Waals surface area contributed by atoms with E-state index in [1.54, 1.807) is 7.11 Å². The van der Waals surface area contributed by atoms with Gasteiger partial charge in [-0.2, -0.15) is 0 Å². The zero-order valence-electron chi connectivity index (χ0n) is 23.4. The molecule has 1 atom stereocenters. The number of nitrogens with zero attached hydrogens (tertiary/aromatic N) is 1. The smallest absolute Gasteiger partial charge is 0.323 e. The Bertz CT molecular complexity index is 1280. The maximum Gasteiger partial charge on any atom is 0.323 e. The first-order valence-corrected chi connectivity index (χ1v) is 13.7. The lowest BCUT2D eigenvalue weighted by Crippen LogP contribution is -2.37. The lowest BCUT2D eigenvalue weighted by atomic mass is 9.90. The van der Waals surface area contributed by atoms with E-state index in [2.05, 4.69) is 51.1 Å². The molecule has 3 aromatic carbocycles. The van der Waals surface area contributed by atoms with Crippen molar-refractivity contribution in [2.45, 2.75) is 64.4 Å². The fourth-order valence-corrected chi connectivity index (χ4v) is 5.20. The first-order chi connectivity index (χ1) is 18.6. The Kier molecular flexibility index (Phi) is 8.95. The van der Waals surface area contributed by atoms with Crippen molar-refractivity contribution in [2.24, 2.45) is 0 Å². The number of carboxylic acids is 1. The van der Waals surface area contributed by atoms with Crippen molar-refractivity contribution in [3.8, 4) is 11.5 Å². The molecule has 4 rings (SSSR count). The molecule has 0 aromatic heterocycles. The highest BCUT2D eigenvalue weighted by Crippen LogP contribution is 2.37. The van der Waals surface area contributed by atoms with Crippen LogP contribution in [0.25, 0.3) is 0 Å². The molecule has 39 heavy (non-hydrogen) atoms. The van der Waals surface area contributed by atoms with Gasteiger partial charge in [-0.3, -0.25) is 9.59 Å². The van der Waals surface area contributed by atoms with Crippen molar-refractivity contribution >= 4 is 11.9 Å². The van der Waals surface area contributed by atoms with Gasteiger partial charge >= 0.3 is 5.97 Å². The maximum absolute atomic E-state index is 13.0. The summed E-state index contributed by atoms with van der Waals surface area (Å²) in [6.07, 6.45) is 3.03. The summed E-state index contributed by atoms with van der Waals surface area (Å²) in [4.78, 5) is 25.9. The van der Waals surface area contributed by atoms with Gasteiger partial charge in [0.15, 0.2) is 0 Å². The summed E-state index contributed by atoms with van der Waals surface area (Å²) in [5, 5.41) is 9.36. The van der Waals surface area contributed by atoms with Gasteiger partial charge in [-0.15, -0.1) is 0 Å². The average molecular weight is 530 g/mol. The predicted octanol–water partition coefficient (Wildman–Crippen LogP) is 5.84. The molecule has 0 unspecified atom stereocenters. The Morgan fingerprint density at radius 1 is 0.974 bits per heavy atom. The van der Waals surface area contributed by atoms with Gasteiger partial charge in [0.05, 0.1) is 7.11 Å². The quantitative estimate of drug-likeness (QED) is 0.319. The van der Waals surface area contributed by atoms with Crippen LogP contribution in [0.1, 0.15) is 60.9 Å². The Hall–Kier alpha value is -3.80. The standard InChI is InChI=1S/C33H39NO5/c1-23(2)27-11-5-26(6-12-27)20-33(3)21-28-19-25(9-15-30(28)39-33)10-16-31(35)34(22-32(36)37)18-17-24-7-13-29(38-4)14-8-24/h5-9,11-15,19,23H,10,16-18,20-22H2,1-4H3,(H,36,37)/t33-/m1/s1. The zero-order chi connectivity index (χ0) is 28.0. The fourth-order valence-electron chi connectivity index (χ4n) is 5.20. The van der Waals surface area contributed by atoms with Crippen LogP contribution in [0.3, 0.4) is 0 Å². The van der Waals surface area contributed by atoms with E-state index in [-0.39, 0.29) is 24.5 Å². The van der Waals surface area contributed by atoms with Crippen LogP contribution in [0.15, 0.2) is 66.7 Å². The molecule has 6 heteroatoms. The van der Waals surface area contributed by atoms with Gasteiger partial charge in [0, 0.05) is 25.8 Å². The Morgan fingerprint density at radius 3 is 2.28 bits per heavy atom. The third-order valence-corrected chi connectivity index (χ3v) is 7.41. The molecular weight excluding hydrogens is 490 g/mol. The monoisotopic (exact) mass is 529 g/mol. The number of fused-ring (bicyclic) bond motifs is 1. The van der Waals surface area contributed by atoms with E-state index in [0.717, 1.165) is 41.0 Å². The summed E-state index contributed by atoms with van der Waals surface area (Å²) in [5.41, 5.74) is 5.52. The number of carbonyl (C=O) groups is 2. The number of aliphatic carboxylic acids is 1. The molecule has 0 saturated carbocycles. The molecule has 0 spiro atoms. The van der Waals surface area contributed by atoms with E-state index in [9.17, 15) is 14.7 Å². The largest absolute Gasteiger partial charge is 0.497 e. The van der Waals surface area contributed by atoms with Crippen LogP contribution in [0.4, 0.5) is 0 Å². The van der Waals surface area contributed by atoms with Crippen molar-refractivity contribution in [1.82, 2.24) is 4.90 Å². The molecule has 1 aliphatic rings. The Balaban J connectivity index is 1.34. The lowest BCUT2D eigenvalue weighted by Gasteiger charge is -2.24. The van der Waals surface area contributed by atoms with E-state index < -0.39 is 5.97 Å². The van der Waals surface area contributed by atoms with Gasteiger partial charge in [0.1, 0.15) is 23.6 Å². The molecular formula is C33H39NO5. The highest BCUT2D eigenvalue weighted by Gasteiger charge is 2.35. The van der Waals surface area contributed by atoms with Gasteiger partial charge in [-0.05, 0) is 71.7 Å². The molecule has 0 radical (unpaired) electrons. The first-order valence-electron chi connectivity index (χ1n) is 13.7. The normalized spacial score (nSPS) is 16.0. The van der Waals surface area contributed by atoms with E-state index in [0.29, 0.717) is 25.3 Å².